The fourth-order valence-electron chi connectivity index (χ4n) is 3.59. The molecule has 0 aliphatic carbocycles. The number of carboxylic acid groups (broad SMARTS) is 1. The van der Waals surface area contributed by atoms with Crippen molar-refractivity contribution in [2.24, 2.45) is 0 Å². The third kappa shape index (κ3) is 6.06. The highest BCUT2D eigenvalue weighted by molar-refractivity contribution is 6.23. The summed E-state index contributed by atoms with van der Waals surface area (Å²) in [5, 5.41) is 8.88. The van der Waals surface area contributed by atoms with E-state index in [1.807, 2.05) is 37.3 Å². The molecule has 1 saturated heterocycles. The minimum atomic E-state index is -1.27. The number of benzene rings is 2. The van der Waals surface area contributed by atoms with Gasteiger partial charge in [0.2, 0.25) is 11.8 Å². The van der Waals surface area contributed by atoms with Crippen LogP contribution in [0, 0.1) is 0 Å². The van der Waals surface area contributed by atoms with E-state index in [1.54, 1.807) is 24.3 Å². The number of ether oxygens (including phenoxy) is 1. The van der Waals surface area contributed by atoms with Gasteiger partial charge < -0.3 is 14.7 Å². The van der Waals surface area contributed by atoms with Gasteiger partial charge in [0.05, 0.1) is 18.7 Å². The van der Waals surface area contributed by atoms with Crippen LogP contribution in [0.1, 0.15) is 25.3 Å². The second-order valence-electron chi connectivity index (χ2n) is 7.57. The van der Waals surface area contributed by atoms with Crippen molar-refractivity contribution < 1.29 is 29.0 Å². The molecule has 1 aliphatic heterocycles. The van der Waals surface area contributed by atoms with E-state index in [2.05, 4.69) is 0 Å². The first-order chi connectivity index (χ1) is 15.9. The Bertz CT molecular complexity index is 1030. The molecule has 3 rings (SSSR count). The SMILES string of the molecule is CCCOc1ccc(N2C(=O)C[C@@H](N(CCc3ccccc3)C(=O)/C=C/C(=O)O)C2=O)cc1. The number of anilines is 1. The molecule has 2 aromatic rings. The van der Waals surface area contributed by atoms with Crippen molar-refractivity contribution in [2.75, 3.05) is 18.1 Å². The summed E-state index contributed by atoms with van der Waals surface area (Å²) in [5.41, 5.74) is 1.35. The molecule has 1 N–H and O–H groups in total. The highest BCUT2D eigenvalue weighted by Gasteiger charge is 2.43. The molecule has 1 atom stereocenters. The van der Waals surface area contributed by atoms with E-state index in [9.17, 15) is 19.2 Å². The van der Waals surface area contributed by atoms with Crippen LogP contribution >= 0.6 is 0 Å². The molecule has 0 saturated carbocycles. The van der Waals surface area contributed by atoms with Gasteiger partial charge in [-0.05, 0) is 42.7 Å². The normalized spacial score (nSPS) is 15.8. The summed E-state index contributed by atoms with van der Waals surface area (Å²) < 4.78 is 5.54. The molecule has 3 amide bonds. The van der Waals surface area contributed by atoms with Crippen molar-refractivity contribution in [2.45, 2.75) is 32.2 Å². The summed E-state index contributed by atoms with van der Waals surface area (Å²) in [4.78, 5) is 51.9. The number of carbonyl (C=O) groups is 4. The van der Waals surface area contributed by atoms with Gasteiger partial charge in [-0.25, -0.2) is 9.69 Å². The maximum atomic E-state index is 13.2. The molecular weight excluding hydrogens is 424 g/mol. The van der Waals surface area contributed by atoms with Crippen molar-refractivity contribution in [1.82, 2.24) is 4.90 Å². The maximum Gasteiger partial charge on any atom is 0.328 e. The third-order valence-corrected chi connectivity index (χ3v) is 5.20. The summed E-state index contributed by atoms with van der Waals surface area (Å²) in [6, 6.07) is 15.0. The van der Waals surface area contributed by atoms with Gasteiger partial charge in [-0.2, -0.15) is 0 Å². The average molecular weight is 450 g/mol. The number of hydrogen-bond donors (Lipinski definition) is 1. The topological polar surface area (TPSA) is 104 Å². The number of amides is 3. The first-order valence-corrected chi connectivity index (χ1v) is 10.8. The monoisotopic (exact) mass is 450 g/mol. The number of carbonyl (C=O) groups excluding carboxylic acids is 3. The van der Waals surface area contributed by atoms with Crippen LogP contribution < -0.4 is 9.64 Å². The largest absolute Gasteiger partial charge is 0.494 e. The van der Waals surface area contributed by atoms with Crippen LogP contribution in [-0.4, -0.2) is 52.9 Å². The zero-order valence-corrected chi connectivity index (χ0v) is 18.3. The summed E-state index contributed by atoms with van der Waals surface area (Å²) >= 11 is 0. The van der Waals surface area contributed by atoms with Gasteiger partial charge in [0.25, 0.3) is 5.91 Å². The van der Waals surface area contributed by atoms with Crippen LogP contribution in [0.2, 0.25) is 0 Å². The number of nitrogens with zero attached hydrogens (tertiary/aromatic N) is 2. The molecule has 0 radical (unpaired) electrons. The van der Waals surface area contributed by atoms with Crippen molar-refractivity contribution in [1.29, 1.82) is 0 Å². The molecule has 8 nitrogen and oxygen atoms in total. The molecule has 2 aromatic carbocycles. The Morgan fingerprint density at radius 2 is 1.79 bits per heavy atom. The van der Waals surface area contributed by atoms with Gasteiger partial charge in [-0.1, -0.05) is 37.3 Å². The molecular formula is C25H26N2O6. The number of hydrogen-bond acceptors (Lipinski definition) is 5. The molecule has 1 aliphatic rings. The van der Waals surface area contributed by atoms with Crippen LogP contribution in [-0.2, 0) is 25.6 Å². The molecule has 0 unspecified atom stereocenters. The lowest BCUT2D eigenvalue weighted by atomic mass is 10.1. The van der Waals surface area contributed by atoms with E-state index in [1.165, 1.54) is 4.90 Å². The zero-order chi connectivity index (χ0) is 23.8. The molecule has 172 valence electrons. The molecule has 1 heterocycles. The Morgan fingerprint density at radius 1 is 1.09 bits per heavy atom. The smallest absolute Gasteiger partial charge is 0.328 e. The van der Waals surface area contributed by atoms with Gasteiger partial charge in [-0.3, -0.25) is 14.4 Å². The summed E-state index contributed by atoms with van der Waals surface area (Å²) in [7, 11) is 0. The summed E-state index contributed by atoms with van der Waals surface area (Å²) in [6.07, 6.45) is 2.78. The van der Waals surface area contributed by atoms with Gasteiger partial charge >= 0.3 is 5.97 Å². The lowest BCUT2D eigenvalue weighted by Gasteiger charge is -2.26. The van der Waals surface area contributed by atoms with E-state index >= 15 is 0 Å². The lowest BCUT2D eigenvalue weighted by Crippen LogP contribution is -2.45. The highest BCUT2D eigenvalue weighted by atomic mass is 16.5. The second kappa shape index (κ2) is 11.1. The Balaban J connectivity index is 1.80. The number of rotatable bonds is 10. The van der Waals surface area contributed by atoms with Crippen LogP contribution in [0.25, 0.3) is 0 Å². The first-order valence-electron chi connectivity index (χ1n) is 10.8. The van der Waals surface area contributed by atoms with E-state index in [-0.39, 0.29) is 13.0 Å². The molecule has 8 heteroatoms. The minimum absolute atomic E-state index is 0.161. The van der Waals surface area contributed by atoms with Gasteiger partial charge in [0.15, 0.2) is 0 Å². The quantitative estimate of drug-likeness (QED) is 0.441. The van der Waals surface area contributed by atoms with Gasteiger partial charge in [0, 0.05) is 18.7 Å². The predicted octanol–water partition coefficient (Wildman–Crippen LogP) is 2.82. The zero-order valence-electron chi connectivity index (χ0n) is 18.3. The standard InChI is InChI=1S/C25H26N2O6/c1-2-16-33-20-10-8-19(9-11-20)27-23(29)17-21(25(27)32)26(22(28)12-13-24(30)31)15-14-18-6-4-3-5-7-18/h3-13,21H,2,14-17H2,1H3,(H,30,31)/b13-12+/t21-/m1/s1. The van der Waals surface area contributed by atoms with E-state index in [0.717, 1.165) is 29.0 Å². The fraction of sp³-hybridized carbons (Fsp3) is 0.280. The molecule has 33 heavy (non-hydrogen) atoms. The molecule has 0 spiro atoms. The second-order valence-corrected chi connectivity index (χ2v) is 7.57. The van der Waals surface area contributed by atoms with Gasteiger partial charge in [0.1, 0.15) is 11.8 Å². The summed E-state index contributed by atoms with van der Waals surface area (Å²) in [5.74, 6) is -2.22. The number of carboxylic acids is 1. The first kappa shape index (κ1) is 23.7. The van der Waals surface area contributed by atoms with Crippen LogP contribution in [0.5, 0.6) is 5.75 Å². The highest BCUT2D eigenvalue weighted by Crippen LogP contribution is 2.28. The van der Waals surface area contributed by atoms with Crippen LogP contribution in [0.4, 0.5) is 5.69 Å². The Labute approximate surface area is 192 Å². The van der Waals surface area contributed by atoms with Crippen LogP contribution in [0.15, 0.2) is 66.7 Å². The Kier molecular flexibility index (Phi) is 7.96. The molecule has 1 fully saturated rings. The Hall–Kier alpha value is -3.94. The number of imide groups is 1. The van der Waals surface area contributed by atoms with E-state index < -0.39 is 29.7 Å². The predicted molar refractivity (Wildman–Crippen MR) is 122 cm³/mol. The average Bonchev–Trinajstić information content (AvgIpc) is 3.11. The Morgan fingerprint density at radius 3 is 2.42 bits per heavy atom. The van der Waals surface area contributed by atoms with E-state index in [0.29, 0.717) is 24.5 Å². The van der Waals surface area contributed by atoms with E-state index in [4.69, 9.17) is 9.84 Å². The molecule has 0 bridgehead atoms. The maximum absolute atomic E-state index is 13.2. The van der Waals surface area contributed by atoms with Crippen molar-refractivity contribution in [3.8, 4) is 5.75 Å². The van der Waals surface area contributed by atoms with Crippen molar-refractivity contribution >= 4 is 29.4 Å². The number of aliphatic carboxylic acids is 1. The van der Waals surface area contributed by atoms with Crippen molar-refractivity contribution in [3.63, 3.8) is 0 Å². The minimum Gasteiger partial charge on any atom is -0.494 e. The van der Waals surface area contributed by atoms with Crippen molar-refractivity contribution in [3.05, 3.63) is 72.3 Å². The lowest BCUT2D eigenvalue weighted by molar-refractivity contribution is -0.135. The van der Waals surface area contributed by atoms with Crippen LogP contribution in [0.3, 0.4) is 0 Å². The summed E-state index contributed by atoms with van der Waals surface area (Å²) in [6.45, 7) is 2.71. The third-order valence-electron chi connectivity index (χ3n) is 5.20. The molecule has 0 aromatic heterocycles. The van der Waals surface area contributed by atoms with Gasteiger partial charge in [-0.15, -0.1) is 0 Å². The fourth-order valence-corrected chi connectivity index (χ4v) is 3.59.